The molecule has 1 aromatic heterocycles. The number of fused-ring (bicyclic) bond motifs is 1. The Bertz CT molecular complexity index is 1230. The van der Waals surface area contributed by atoms with Crippen molar-refractivity contribution < 1.29 is 19.0 Å². The Balaban J connectivity index is 0.00000308. The number of piperidine rings is 1. The van der Waals surface area contributed by atoms with Gasteiger partial charge in [-0.05, 0) is 68.6 Å². The molecule has 208 valence electrons. The molecule has 3 aromatic rings. The molecule has 3 fully saturated rings. The van der Waals surface area contributed by atoms with E-state index in [4.69, 9.17) is 14.2 Å². The Hall–Kier alpha value is -2.87. The highest BCUT2D eigenvalue weighted by molar-refractivity contribution is 5.92. The number of benzene rings is 2. The van der Waals surface area contributed by atoms with Crippen molar-refractivity contribution in [2.75, 3.05) is 45.9 Å². The summed E-state index contributed by atoms with van der Waals surface area (Å²) < 4.78 is 18.3. The zero-order valence-electron chi connectivity index (χ0n) is 22.4. The molecule has 0 bridgehead atoms. The fraction of sp³-hybridized carbons (Fsp3) is 0.484. The molecule has 0 aliphatic carbocycles. The molecule has 2 aromatic carbocycles. The molecular formula is C31H38ClN3O4. The summed E-state index contributed by atoms with van der Waals surface area (Å²) in [5, 5.41) is 1.08. The summed E-state index contributed by atoms with van der Waals surface area (Å²) in [7, 11) is 0. The van der Waals surface area contributed by atoms with Crippen molar-refractivity contribution in [1.29, 1.82) is 0 Å². The van der Waals surface area contributed by atoms with Crippen molar-refractivity contribution in [2.24, 2.45) is 0 Å². The molecule has 0 spiro atoms. The minimum Gasteiger partial charge on any atom is -0.490 e. The summed E-state index contributed by atoms with van der Waals surface area (Å²) in [5.41, 5.74) is 3.03. The number of hydrogen-bond acceptors (Lipinski definition) is 6. The summed E-state index contributed by atoms with van der Waals surface area (Å²) in [6.45, 7) is 6.07. The normalized spacial score (nSPS) is 20.2. The molecule has 3 aliphatic rings. The second-order valence-corrected chi connectivity index (χ2v) is 10.6. The highest BCUT2D eigenvalue weighted by Crippen LogP contribution is 2.37. The van der Waals surface area contributed by atoms with Gasteiger partial charge in [-0.2, -0.15) is 0 Å². The Morgan fingerprint density at radius 2 is 1.74 bits per heavy atom. The van der Waals surface area contributed by atoms with Crippen LogP contribution in [0.2, 0.25) is 0 Å². The van der Waals surface area contributed by atoms with Crippen molar-refractivity contribution in [3.05, 3.63) is 54.7 Å². The van der Waals surface area contributed by atoms with E-state index in [1.54, 1.807) is 0 Å². The maximum atomic E-state index is 12.6. The first-order chi connectivity index (χ1) is 18.7. The third kappa shape index (κ3) is 6.48. The quantitative estimate of drug-likeness (QED) is 0.376. The number of carbonyl (C=O) groups is 1. The van der Waals surface area contributed by atoms with E-state index in [1.807, 2.05) is 29.3 Å². The number of amides is 1. The van der Waals surface area contributed by atoms with Gasteiger partial charge in [0.2, 0.25) is 0 Å². The summed E-state index contributed by atoms with van der Waals surface area (Å²) in [5.74, 6) is 1.85. The molecule has 0 radical (unpaired) electrons. The standard InChI is InChI=1S/C31H37N3O4.ClH/c35-31(28-6-4-21-36-28)34-18-13-26(14-19-34)38-25-10-7-23(8-11-25)27-12-9-24-5-3-15-32-29(24)30(27)37-22-20-33-16-1-2-17-33;/h3,5,7-12,15,26,28H,1-2,4,6,13-14,16-22H2;1H/t28-;/m1./s1. The van der Waals surface area contributed by atoms with E-state index in [2.05, 4.69) is 40.2 Å². The number of carbonyl (C=O) groups excluding carboxylic acids is 1. The minimum absolute atomic E-state index is 0. The minimum atomic E-state index is -0.237. The number of ether oxygens (including phenoxy) is 3. The van der Waals surface area contributed by atoms with E-state index in [9.17, 15) is 4.79 Å². The monoisotopic (exact) mass is 551 g/mol. The lowest BCUT2D eigenvalue weighted by molar-refractivity contribution is -0.142. The Morgan fingerprint density at radius 3 is 2.49 bits per heavy atom. The van der Waals surface area contributed by atoms with E-state index < -0.39 is 0 Å². The van der Waals surface area contributed by atoms with Gasteiger partial charge in [-0.15, -0.1) is 12.4 Å². The number of aromatic nitrogens is 1. The van der Waals surface area contributed by atoms with Crippen molar-refractivity contribution in [2.45, 2.75) is 50.7 Å². The summed E-state index contributed by atoms with van der Waals surface area (Å²) in [6.07, 6.45) is 7.77. The highest BCUT2D eigenvalue weighted by Gasteiger charge is 2.31. The maximum absolute atomic E-state index is 12.6. The van der Waals surface area contributed by atoms with Gasteiger partial charge in [0, 0.05) is 56.2 Å². The van der Waals surface area contributed by atoms with Crippen molar-refractivity contribution in [3.8, 4) is 22.6 Å². The number of hydrogen-bond donors (Lipinski definition) is 0. The Morgan fingerprint density at radius 1 is 0.949 bits per heavy atom. The molecule has 6 rings (SSSR count). The number of pyridine rings is 1. The van der Waals surface area contributed by atoms with Gasteiger partial charge in [0.05, 0.1) is 0 Å². The molecule has 0 saturated carbocycles. The van der Waals surface area contributed by atoms with Gasteiger partial charge in [-0.3, -0.25) is 14.7 Å². The molecule has 0 N–H and O–H groups in total. The van der Waals surface area contributed by atoms with E-state index >= 15 is 0 Å². The number of halogens is 1. The Kier molecular flexibility index (Phi) is 9.22. The predicted molar refractivity (Wildman–Crippen MR) is 155 cm³/mol. The van der Waals surface area contributed by atoms with Crippen molar-refractivity contribution in [1.82, 2.24) is 14.8 Å². The van der Waals surface area contributed by atoms with Crippen LogP contribution in [0.25, 0.3) is 22.0 Å². The molecular weight excluding hydrogens is 514 g/mol. The number of likely N-dealkylation sites (tertiary alicyclic amines) is 2. The molecule has 39 heavy (non-hydrogen) atoms. The van der Waals surface area contributed by atoms with E-state index in [0.29, 0.717) is 13.2 Å². The highest BCUT2D eigenvalue weighted by atomic mass is 35.5. The number of rotatable bonds is 8. The van der Waals surface area contributed by atoms with Crippen molar-refractivity contribution >= 4 is 29.2 Å². The van der Waals surface area contributed by atoms with Gasteiger partial charge in [0.25, 0.3) is 5.91 Å². The average Bonchev–Trinajstić information content (AvgIpc) is 3.69. The largest absolute Gasteiger partial charge is 0.490 e. The summed E-state index contributed by atoms with van der Waals surface area (Å²) in [6, 6.07) is 16.6. The predicted octanol–water partition coefficient (Wildman–Crippen LogP) is 5.35. The Labute approximate surface area is 236 Å². The number of nitrogens with zero attached hydrogens (tertiary/aromatic N) is 3. The molecule has 7 nitrogen and oxygen atoms in total. The fourth-order valence-corrected chi connectivity index (χ4v) is 5.85. The molecule has 3 aliphatic heterocycles. The van der Waals surface area contributed by atoms with Gasteiger partial charge in [-0.1, -0.05) is 24.3 Å². The van der Waals surface area contributed by atoms with Gasteiger partial charge < -0.3 is 19.1 Å². The zero-order chi connectivity index (χ0) is 25.7. The van der Waals surface area contributed by atoms with E-state index in [0.717, 1.165) is 91.9 Å². The third-order valence-electron chi connectivity index (χ3n) is 8.01. The van der Waals surface area contributed by atoms with Gasteiger partial charge in [-0.25, -0.2) is 0 Å². The van der Waals surface area contributed by atoms with Crippen LogP contribution < -0.4 is 9.47 Å². The van der Waals surface area contributed by atoms with Crippen molar-refractivity contribution in [3.63, 3.8) is 0 Å². The van der Waals surface area contributed by atoms with Crippen LogP contribution >= 0.6 is 12.4 Å². The molecule has 4 heterocycles. The van der Waals surface area contributed by atoms with E-state index in [1.165, 1.54) is 12.8 Å². The van der Waals surface area contributed by atoms with Crippen LogP contribution in [0, 0.1) is 0 Å². The first kappa shape index (κ1) is 27.7. The van der Waals surface area contributed by atoms with Gasteiger partial charge >= 0.3 is 0 Å². The summed E-state index contributed by atoms with van der Waals surface area (Å²) >= 11 is 0. The first-order valence-corrected chi connectivity index (χ1v) is 14.1. The van der Waals surface area contributed by atoms with Gasteiger partial charge in [0.15, 0.2) is 5.75 Å². The smallest absolute Gasteiger partial charge is 0.251 e. The second kappa shape index (κ2) is 13.0. The van der Waals surface area contributed by atoms with Crippen LogP contribution in [0.3, 0.4) is 0 Å². The van der Waals surface area contributed by atoms with Crippen LogP contribution in [0.5, 0.6) is 11.5 Å². The average molecular weight is 552 g/mol. The summed E-state index contributed by atoms with van der Waals surface area (Å²) in [4.78, 5) is 21.7. The second-order valence-electron chi connectivity index (χ2n) is 10.6. The SMILES string of the molecule is Cl.O=C([C@H]1CCCO1)N1CCC(Oc2ccc(-c3ccc4cccnc4c3OCCN3CCCC3)cc2)CC1. The van der Waals surface area contributed by atoms with Crippen LogP contribution in [-0.2, 0) is 9.53 Å². The lowest BCUT2D eigenvalue weighted by Gasteiger charge is -2.33. The van der Waals surface area contributed by atoms with Crippen LogP contribution in [0.15, 0.2) is 54.7 Å². The van der Waals surface area contributed by atoms with Gasteiger partial charge in [0.1, 0.15) is 30.1 Å². The molecule has 8 heteroatoms. The van der Waals surface area contributed by atoms with Crippen LogP contribution in [0.4, 0.5) is 0 Å². The zero-order valence-corrected chi connectivity index (χ0v) is 23.2. The maximum Gasteiger partial charge on any atom is 0.251 e. The topological polar surface area (TPSA) is 64.1 Å². The molecule has 1 amide bonds. The fourth-order valence-electron chi connectivity index (χ4n) is 5.85. The lowest BCUT2D eigenvalue weighted by atomic mass is 10.0. The van der Waals surface area contributed by atoms with E-state index in [-0.39, 0.29) is 30.5 Å². The molecule has 0 unspecified atom stereocenters. The van der Waals surface area contributed by atoms with Crippen LogP contribution in [0.1, 0.15) is 38.5 Å². The molecule has 3 saturated heterocycles. The molecule has 1 atom stereocenters. The lowest BCUT2D eigenvalue weighted by Crippen LogP contribution is -2.45. The third-order valence-corrected chi connectivity index (χ3v) is 8.01. The first-order valence-electron chi connectivity index (χ1n) is 14.1. The van der Waals surface area contributed by atoms with Crippen LogP contribution in [-0.4, -0.2) is 78.8 Å².